The van der Waals surface area contributed by atoms with Gasteiger partial charge in [0, 0.05) is 6.07 Å². The second kappa shape index (κ2) is 4.18. The summed E-state index contributed by atoms with van der Waals surface area (Å²) in [6, 6.07) is 5.85. The molecule has 0 fully saturated rings. The molecule has 0 saturated heterocycles. The number of carboxylic acids is 1. The number of carbonyl (C=O) groups is 1. The van der Waals surface area contributed by atoms with Crippen LogP contribution in [0.25, 0.3) is 6.08 Å². The van der Waals surface area contributed by atoms with Gasteiger partial charge in [0.05, 0.1) is 16.5 Å². The van der Waals surface area contributed by atoms with E-state index in [1.165, 1.54) is 18.2 Å². The van der Waals surface area contributed by atoms with Crippen molar-refractivity contribution in [3.8, 4) is 0 Å². The number of rotatable bonds is 3. The van der Waals surface area contributed by atoms with E-state index in [0.717, 1.165) is 12.2 Å². The summed E-state index contributed by atoms with van der Waals surface area (Å²) in [5.74, 6) is -1.39. The first-order chi connectivity index (χ1) is 6.61. The fourth-order valence-corrected chi connectivity index (χ4v) is 0.953. The number of hydrogen-bond donors (Lipinski definition) is 0. The summed E-state index contributed by atoms with van der Waals surface area (Å²) in [5, 5.41) is 20.6. The van der Waals surface area contributed by atoms with E-state index in [4.69, 9.17) is 0 Å². The van der Waals surface area contributed by atoms with E-state index >= 15 is 0 Å². The molecule has 0 saturated carbocycles. The van der Waals surface area contributed by atoms with Gasteiger partial charge in [-0.2, -0.15) is 0 Å². The minimum Gasteiger partial charge on any atom is -0.545 e. The minimum atomic E-state index is -1.39. The molecule has 0 N–H and O–H groups in total. The molecule has 14 heavy (non-hydrogen) atoms. The number of hydrogen-bond acceptors (Lipinski definition) is 4. The van der Waals surface area contributed by atoms with Gasteiger partial charge in [-0.1, -0.05) is 12.1 Å². The van der Waals surface area contributed by atoms with Crippen LogP contribution in [0.15, 0.2) is 30.3 Å². The van der Waals surface area contributed by atoms with E-state index in [2.05, 4.69) is 0 Å². The van der Waals surface area contributed by atoms with Gasteiger partial charge in [-0.3, -0.25) is 10.1 Å². The molecule has 0 heterocycles. The molecule has 0 aromatic heterocycles. The van der Waals surface area contributed by atoms with Crippen molar-refractivity contribution in [2.24, 2.45) is 0 Å². The summed E-state index contributed by atoms with van der Waals surface area (Å²) in [7, 11) is 0. The monoisotopic (exact) mass is 192 g/mol. The highest BCUT2D eigenvalue weighted by atomic mass is 16.6. The third-order valence-corrected chi connectivity index (χ3v) is 1.53. The van der Waals surface area contributed by atoms with Crippen molar-refractivity contribution < 1.29 is 14.8 Å². The molecule has 0 unspecified atom stereocenters. The van der Waals surface area contributed by atoms with Crippen LogP contribution in [0.2, 0.25) is 0 Å². The van der Waals surface area contributed by atoms with Crippen molar-refractivity contribution in [3.63, 3.8) is 0 Å². The second-order valence-corrected chi connectivity index (χ2v) is 2.47. The number of nitrogens with zero attached hydrogens (tertiary/aromatic N) is 1. The third kappa shape index (κ3) is 2.41. The van der Waals surface area contributed by atoms with Crippen LogP contribution in [0.1, 0.15) is 5.56 Å². The molecular formula is C9H6NO4-. The molecule has 0 aliphatic rings. The molecule has 1 aromatic rings. The molecule has 0 aliphatic heterocycles. The van der Waals surface area contributed by atoms with Crippen LogP contribution in [0.4, 0.5) is 5.69 Å². The van der Waals surface area contributed by atoms with E-state index in [1.807, 2.05) is 0 Å². The molecule has 0 atom stereocenters. The van der Waals surface area contributed by atoms with Crippen molar-refractivity contribution in [2.45, 2.75) is 0 Å². The van der Waals surface area contributed by atoms with Gasteiger partial charge in [0.15, 0.2) is 0 Å². The number of carbonyl (C=O) groups excluding carboxylic acids is 1. The van der Waals surface area contributed by atoms with E-state index < -0.39 is 10.9 Å². The Hall–Kier alpha value is -2.17. The predicted octanol–water partition coefficient (Wildman–Crippen LogP) is 0.358. The number of benzene rings is 1. The van der Waals surface area contributed by atoms with Crippen LogP contribution in [-0.4, -0.2) is 10.9 Å². The van der Waals surface area contributed by atoms with Crippen LogP contribution in [0.3, 0.4) is 0 Å². The Labute approximate surface area is 79.4 Å². The Morgan fingerprint density at radius 1 is 1.36 bits per heavy atom. The van der Waals surface area contributed by atoms with Crippen molar-refractivity contribution in [3.05, 3.63) is 46.0 Å². The maximum atomic E-state index is 10.5. The van der Waals surface area contributed by atoms with E-state index in [-0.39, 0.29) is 11.3 Å². The molecule has 72 valence electrons. The number of carboxylic acid groups (broad SMARTS) is 1. The first-order valence-corrected chi connectivity index (χ1v) is 3.74. The normalized spacial score (nSPS) is 10.3. The topological polar surface area (TPSA) is 83.3 Å². The number of aliphatic carboxylic acids is 1. The lowest BCUT2D eigenvalue weighted by Crippen LogP contribution is -2.18. The highest BCUT2D eigenvalue weighted by molar-refractivity contribution is 5.84. The van der Waals surface area contributed by atoms with Crippen molar-refractivity contribution in [1.82, 2.24) is 0 Å². The van der Waals surface area contributed by atoms with Crippen LogP contribution in [0.5, 0.6) is 0 Å². The Bertz CT molecular complexity index is 398. The Balaban J connectivity index is 3.07. The third-order valence-electron chi connectivity index (χ3n) is 1.53. The smallest absolute Gasteiger partial charge is 0.276 e. The van der Waals surface area contributed by atoms with Crippen molar-refractivity contribution in [1.29, 1.82) is 0 Å². The molecule has 5 heteroatoms. The lowest BCUT2D eigenvalue weighted by atomic mass is 10.1. The highest BCUT2D eigenvalue weighted by Crippen LogP contribution is 2.18. The number of para-hydroxylation sites is 1. The van der Waals surface area contributed by atoms with Crippen LogP contribution in [0, 0.1) is 10.1 Å². The standard InChI is InChI=1S/C9H7NO4/c11-9(12)6-5-7-3-1-2-4-8(7)10(13)14/h1-6H,(H,11,12)/p-1/b6-5+. The van der Waals surface area contributed by atoms with Gasteiger partial charge in [0.2, 0.25) is 0 Å². The van der Waals surface area contributed by atoms with Gasteiger partial charge in [-0.25, -0.2) is 0 Å². The number of nitro benzene ring substituents is 1. The van der Waals surface area contributed by atoms with E-state index in [9.17, 15) is 20.0 Å². The van der Waals surface area contributed by atoms with Crippen LogP contribution >= 0.6 is 0 Å². The molecule has 0 spiro atoms. The SMILES string of the molecule is O=C([O-])/C=C/c1ccccc1[N+](=O)[O-]. The van der Waals surface area contributed by atoms with Gasteiger partial charge < -0.3 is 9.90 Å². The fourth-order valence-electron chi connectivity index (χ4n) is 0.953. The molecule has 0 radical (unpaired) electrons. The molecule has 1 aromatic carbocycles. The Morgan fingerprint density at radius 3 is 2.57 bits per heavy atom. The first-order valence-electron chi connectivity index (χ1n) is 3.74. The molecule has 0 aliphatic carbocycles. The lowest BCUT2D eigenvalue weighted by molar-refractivity contribution is -0.385. The van der Waals surface area contributed by atoms with Gasteiger partial charge in [0.1, 0.15) is 0 Å². The molecular weight excluding hydrogens is 186 g/mol. The van der Waals surface area contributed by atoms with Gasteiger partial charge in [-0.05, 0) is 18.2 Å². The van der Waals surface area contributed by atoms with Crippen LogP contribution in [-0.2, 0) is 4.79 Å². The van der Waals surface area contributed by atoms with Crippen molar-refractivity contribution in [2.75, 3.05) is 0 Å². The minimum absolute atomic E-state index is 0.134. The summed E-state index contributed by atoms with van der Waals surface area (Å²) in [4.78, 5) is 20.0. The quantitative estimate of drug-likeness (QED) is 0.393. The summed E-state index contributed by atoms with van der Waals surface area (Å²) in [6.45, 7) is 0. The summed E-state index contributed by atoms with van der Waals surface area (Å²) >= 11 is 0. The summed E-state index contributed by atoms with van der Waals surface area (Å²) in [6.07, 6.45) is 1.88. The van der Waals surface area contributed by atoms with Gasteiger partial charge in [0.25, 0.3) is 5.69 Å². The molecule has 0 bridgehead atoms. The predicted molar refractivity (Wildman–Crippen MR) is 47.1 cm³/mol. The highest BCUT2D eigenvalue weighted by Gasteiger charge is 2.08. The maximum Gasteiger partial charge on any atom is 0.276 e. The largest absolute Gasteiger partial charge is 0.545 e. The average Bonchev–Trinajstić information content (AvgIpc) is 2.15. The molecule has 5 nitrogen and oxygen atoms in total. The second-order valence-electron chi connectivity index (χ2n) is 2.47. The maximum absolute atomic E-state index is 10.5. The lowest BCUT2D eigenvalue weighted by Gasteiger charge is -1.96. The Morgan fingerprint density at radius 2 is 2.00 bits per heavy atom. The zero-order valence-electron chi connectivity index (χ0n) is 7.04. The number of nitro groups is 1. The fraction of sp³-hybridized carbons (Fsp3) is 0. The molecule has 0 amide bonds. The van der Waals surface area contributed by atoms with Crippen molar-refractivity contribution >= 4 is 17.7 Å². The average molecular weight is 192 g/mol. The van der Waals surface area contributed by atoms with Crippen LogP contribution < -0.4 is 5.11 Å². The zero-order valence-corrected chi connectivity index (χ0v) is 7.04. The summed E-state index contributed by atoms with van der Waals surface area (Å²) < 4.78 is 0. The molecule has 1 rings (SSSR count). The zero-order chi connectivity index (χ0) is 10.6. The first kappa shape index (κ1) is 9.91. The summed E-state index contributed by atoms with van der Waals surface area (Å²) in [5.41, 5.74) is 0.103. The van der Waals surface area contributed by atoms with E-state index in [0.29, 0.717) is 0 Å². The van der Waals surface area contributed by atoms with Gasteiger partial charge >= 0.3 is 0 Å². The van der Waals surface area contributed by atoms with Gasteiger partial charge in [-0.15, -0.1) is 0 Å². The Kier molecular flexibility index (Phi) is 2.96. The van der Waals surface area contributed by atoms with E-state index in [1.54, 1.807) is 6.07 Å².